The van der Waals surface area contributed by atoms with Crippen LogP contribution in [0.5, 0.6) is 0 Å². The van der Waals surface area contributed by atoms with Gasteiger partial charge in [-0.3, -0.25) is 0 Å². The van der Waals surface area contributed by atoms with Gasteiger partial charge in [-0.2, -0.15) is 0 Å². The molecule has 1 atom stereocenters. The molecule has 2 heterocycles. The summed E-state index contributed by atoms with van der Waals surface area (Å²) in [7, 11) is 0. The number of nitrogens with zero attached hydrogens (tertiary/aromatic N) is 2. The maximum absolute atomic E-state index is 5.91. The highest BCUT2D eigenvalue weighted by atomic mass is 79.9. The molecule has 0 aliphatic rings. The summed E-state index contributed by atoms with van der Waals surface area (Å²) >= 11 is 3.33. The molecule has 0 aromatic carbocycles. The van der Waals surface area contributed by atoms with Gasteiger partial charge in [-0.1, -0.05) is 5.16 Å². The monoisotopic (exact) mass is 310 g/mol. The van der Waals surface area contributed by atoms with Gasteiger partial charge in [0, 0.05) is 16.2 Å². The zero-order valence-corrected chi connectivity index (χ0v) is 12.1. The first-order valence-corrected chi connectivity index (χ1v) is 6.38. The van der Waals surface area contributed by atoms with E-state index in [1.807, 2.05) is 26.8 Å². The van der Waals surface area contributed by atoms with E-state index in [-0.39, 0.29) is 6.04 Å². The first kappa shape index (κ1) is 12.9. The van der Waals surface area contributed by atoms with Crippen molar-refractivity contribution in [3.8, 4) is 0 Å². The summed E-state index contributed by atoms with van der Waals surface area (Å²) in [5.41, 5.74) is 8.42. The Bertz CT molecular complexity index is 548. The molecule has 0 aliphatic carbocycles. The maximum atomic E-state index is 5.91. The average Bonchev–Trinajstić information content (AvgIpc) is 2.62. The predicted octanol–water partition coefficient (Wildman–Crippen LogP) is 3.20. The quantitative estimate of drug-likeness (QED) is 0.910. The van der Waals surface area contributed by atoms with Crippen molar-refractivity contribution in [2.75, 3.05) is 11.1 Å². The summed E-state index contributed by atoms with van der Waals surface area (Å²) in [6.07, 6.45) is 1.71. The second-order valence-corrected chi connectivity index (χ2v) is 5.11. The number of hydrogen-bond acceptors (Lipinski definition) is 5. The lowest BCUT2D eigenvalue weighted by molar-refractivity contribution is 0.392. The minimum atomic E-state index is 0.0345. The largest absolute Gasteiger partial charge is 0.396 e. The molecular weight excluding hydrogens is 296 g/mol. The molecule has 1 unspecified atom stereocenters. The molecule has 96 valence electrons. The third-order valence-electron chi connectivity index (χ3n) is 2.76. The zero-order chi connectivity index (χ0) is 13.3. The van der Waals surface area contributed by atoms with Crippen LogP contribution in [0, 0.1) is 13.8 Å². The van der Waals surface area contributed by atoms with Crippen LogP contribution in [0.2, 0.25) is 0 Å². The molecule has 0 bridgehead atoms. The molecule has 0 amide bonds. The Morgan fingerprint density at radius 3 is 2.72 bits per heavy atom. The van der Waals surface area contributed by atoms with E-state index in [1.54, 1.807) is 6.20 Å². The standard InChI is InChI=1S/C12H15BrN4O/c1-6(11-7(2)17-18-8(11)3)16-12-10(14)4-9(13)5-15-12/h4-6H,14H2,1-3H3,(H,15,16). The van der Waals surface area contributed by atoms with E-state index in [9.17, 15) is 0 Å². The smallest absolute Gasteiger partial charge is 0.149 e. The minimum Gasteiger partial charge on any atom is -0.396 e. The van der Waals surface area contributed by atoms with Gasteiger partial charge in [0.25, 0.3) is 0 Å². The van der Waals surface area contributed by atoms with Crippen molar-refractivity contribution in [1.82, 2.24) is 10.1 Å². The fourth-order valence-electron chi connectivity index (χ4n) is 1.96. The molecule has 18 heavy (non-hydrogen) atoms. The van der Waals surface area contributed by atoms with E-state index >= 15 is 0 Å². The molecule has 0 saturated heterocycles. The fourth-order valence-corrected chi connectivity index (χ4v) is 2.31. The summed E-state index contributed by atoms with van der Waals surface area (Å²) < 4.78 is 6.01. The molecule has 3 N–H and O–H groups in total. The number of pyridine rings is 1. The third-order valence-corrected chi connectivity index (χ3v) is 3.19. The molecule has 0 spiro atoms. The zero-order valence-electron chi connectivity index (χ0n) is 10.5. The first-order chi connectivity index (χ1) is 8.49. The van der Waals surface area contributed by atoms with Gasteiger partial charge in [0.2, 0.25) is 0 Å². The molecule has 0 fully saturated rings. The van der Waals surface area contributed by atoms with Gasteiger partial charge in [0.1, 0.15) is 11.6 Å². The van der Waals surface area contributed by atoms with Gasteiger partial charge in [0.05, 0.1) is 17.4 Å². The van der Waals surface area contributed by atoms with Crippen LogP contribution < -0.4 is 11.1 Å². The van der Waals surface area contributed by atoms with Crippen LogP contribution in [0.25, 0.3) is 0 Å². The number of aryl methyl sites for hydroxylation is 2. The molecule has 2 aromatic rings. The Labute approximate surface area is 114 Å². The number of nitrogens with two attached hydrogens (primary N) is 1. The molecule has 6 heteroatoms. The highest BCUT2D eigenvalue weighted by molar-refractivity contribution is 9.10. The van der Waals surface area contributed by atoms with Crippen molar-refractivity contribution in [3.05, 3.63) is 33.8 Å². The van der Waals surface area contributed by atoms with Crippen LogP contribution in [0.15, 0.2) is 21.3 Å². The minimum absolute atomic E-state index is 0.0345. The Balaban J connectivity index is 2.24. The average molecular weight is 311 g/mol. The highest BCUT2D eigenvalue weighted by Gasteiger charge is 2.17. The number of anilines is 2. The van der Waals surface area contributed by atoms with E-state index in [1.165, 1.54) is 0 Å². The van der Waals surface area contributed by atoms with Gasteiger partial charge >= 0.3 is 0 Å². The predicted molar refractivity (Wildman–Crippen MR) is 74.4 cm³/mol. The third kappa shape index (κ3) is 2.48. The van der Waals surface area contributed by atoms with E-state index in [0.717, 1.165) is 21.5 Å². The molecule has 2 aromatic heterocycles. The van der Waals surface area contributed by atoms with Gasteiger partial charge in [-0.25, -0.2) is 4.98 Å². The normalized spacial score (nSPS) is 12.4. The van der Waals surface area contributed by atoms with Crippen molar-refractivity contribution in [1.29, 1.82) is 0 Å². The van der Waals surface area contributed by atoms with Crippen molar-refractivity contribution < 1.29 is 4.52 Å². The fraction of sp³-hybridized carbons (Fsp3) is 0.333. The van der Waals surface area contributed by atoms with E-state index < -0.39 is 0 Å². The summed E-state index contributed by atoms with van der Waals surface area (Å²) in [6.45, 7) is 5.84. The van der Waals surface area contributed by atoms with E-state index in [2.05, 4.69) is 31.4 Å². The molecule has 0 aliphatic heterocycles. The number of nitrogen functional groups attached to an aromatic ring is 1. The molecule has 5 nitrogen and oxygen atoms in total. The SMILES string of the molecule is Cc1noc(C)c1C(C)Nc1ncc(Br)cc1N. The van der Waals surface area contributed by atoms with E-state index in [0.29, 0.717) is 11.5 Å². The van der Waals surface area contributed by atoms with Crippen LogP contribution >= 0.6 is 15.9 Å². The van der Waals surface area contributed by atoms with Crippen LogP contribution in [0.1, 0.15) is 30.0 Å². The van der Waals surface area contributed by atoms with Gasteiger partial charge in [-0.05, 0) is 42.8 Å². The number of nitrogens with one attached hydrogen (secondary N) is 1. The Morgan fingerprint density at radius 2 is 2.17 bits per heavy atom. The first-order valence-electron chi connectivity index (χ1n) is 5.59. The van der Waals surface area contributed by atoms with Crippen molar-refractivity contribution in [3.63, 3.8) is 0 Å². The Kier molecular flexibility index (Phi) is 3.56. The Morgan fingerprint density at radius 1 is 1.44 bits per heavy atom. The van der Waals surface area contributed by atoms with Crippen LogP contribution in [0.3, 0.4) is 0 Å². The number of rotatable bonds is 3. The summed E-state index contributed by atoms with van der Waals surface area (Å²) in [4.78, 5) is 4.25. The summed E-state index contributed by atoms with van der Waals surface area (Å²) in [6, 6.07) is 1.85. The molecule has 0 radical (unpaired) electrons. The molecule has 0 saturated carbocycles. The van der Waals surface area contributed by atoms with Gasteiger partial charge in [-0.15, -0.1) is 0 Å². The number of hydrogen-bond donors (Lipinski definition) is 2. The lowest BCUT2D eigenvalue weighted by Crippen LogP contribution is -2.11. The van der Waals surface area contributed by atoms with Crippen LogP contribution in [-0.2, 0) is 0 Å². The second kappa shape index (κ2) is 4.97. The topological polar surface area (TPSA) is 77.0 Å². The van der Waals surface area contributed by atoms with Crippen LogP contribution in [-0.4, -0.2) is 10.1 Å². The number of aromatic nitrogens is 2. The Hall–Kier alpha value is -1.56. The maximum Gasteiger partial charge on any atom is 0.149 e. The lowest BCUT2D eigenvalue weighted by atomic mass is 10.1. The van der Waals surface area contributed by atoms with Gasteiger partial charge in [0.15, 0.2) is 0 Å². The van der Waals surface area contributed by atoms with Gasteiger partial charge < -0.3 is 15.6 Å². The van der Waals surface area contributed by atoms with Crippen molar-refractivity contribution in [2.45, 2.75) is 26.8 Å². The van der Waals surface area contributed by atoms with E-state index in [4.69, 9.17) is 10.3 Å². The molecule has 2 rings (SSSR count). The highest BCUT2D eigenvalue weighted by Crippen LogP contribution is 2.27. The van der Waals surface area contributed by atoms with Crippen molar-refractivity contribution in [2.24, 2.45) is 0 Å². The lowest BCUT2D eigenvalue weighted by Gasteiger charge is -2.15. The summed E-state index contributed by atoms with van der Waals surface area (Å²) in [5.74, 6) is 1.47. The second-order valence-electron chi connectivity index (χ2n) is 4.20. The molecular formula is C12H15BrN4O. The van der Waals surface area contributed by atoms with Crippen LogP contribution in [0.4, 0.5) is 11.5 Å². The number of halogens is 1. The van der Waals surface area contributed by atoms with Crippen molar-refractivity contribution >= 4 is 27.4 Å². The summed E-state index contributed by atoms with van der Waals surface area (Å²) in [5, 5.41) is 7.21.